The predicted molar refractivity (Wildman–Crippen MR) is 61.0 cm³/mol. The first-order valence-electron chi connectivity index (χ1n) is 5.58. The molecule has 0 saturated heterocycles. The summed E-state index contributed by atoms with van der Waals surface area (Å²) in [7, 11) is 0. The number of carbonyl (C=O) groups excluding carboxylic acids is 2. The van der Waals surface area contributed by atoms with Gasteiger partial charge in [-0.3, -0.25) is 9.59 Å². The van der Waals surface area contributed by atoms with Gasteiger partial charge in [0.15, 0.2) is 0 Å². The minimum absolute atomic E-state index is 0.138. The summed E-state index contributed by atoms with van der Waals surface area (Å²) in [4.78, 5) is 22.3. The Labute approximate surface area is 94.9 Å². The van der Waals surface area contributed by atoms with Crippen molar-refractivity contribution in [3.8, 4) is 0 Å². The van der Waals surface area contributed by atoms with E-state index in [9.17, 15) is 9.59 Å². The lowest BCUT2D eigenvalue weighted by Crippen LogP contribution is -2.39. The minimum Gasteiger partial charge on any atom is -0.350 e. The molecular formula is C10H18N4O2. The average Bonchev–Trinajstić information content (AvgIpc) is 2.29. The molecule has 0 aliphatic carbocycles. The van der Waals surface area contributed by atoms with Gasteiger partial charge in [0.2, 0.25) is 5.91 Å². The van der Waals surface area contributed by atoms with Crippen LogP contribution in [0.4, 0.5) is 0 Å². The first-order chi connectivity index (χ1) is 7.74. The lowest BCUT2D eigenvalue weighted by atomic mass is 10.1. The molecule has 1 rings (SSSR count). The van der Waals surface area contributed by atoms with Crippen LogP contribution in [0, 0.1) is 0 Å². The summed E-state index contributed by atoms with van der Waals surface area (Å²) in [5.41, 5.74) is 2.69. The first-order valence-corrected chi connectivity index (χ1v) is 5.58. The third-order valence-electron chi connectivity index (χ3n) is 2.18. The highest BCUT2D eigenvalue weighted by Crippen LogP contribution is 1.98. The molecule has 0 aromatic carbocycles. The van der Waals surface area contributed by atoms with E-state index in [1.165, 1.54) is 0 Å². The summed E-state index contributed by atoms with van der Waals surface area (Å²) < 4.78 is 0. The molecule has 1 aliphatic heterocycles. The maximum Gasteiger partial charge on any atom is 0.267 e. The van der Waals surface area contributed by atoms with Crippen LogP contribution < -0.4 is 16.1 Å². The van der Waals surface area contributed by atoms with Crippen LogP contribution in [0.3, 0.4) is 0 Å². The molecule has 1 heterocycles. The van der Waals surface area contributed by atoms with E-state index in [4.69, 9.17) is 0 Å². The van der Waals surface area contributed by atoms with Crippen LogP contribution in [0.2, 0.25) is 0 Å². The van der Waals surface area contributed by atoms with E-state index in [1.807, 2.05) is 0 Å². The predicted octanol–water partition coefficient (Wildman–Crippen LogP) is -0.632. The Kier molecular flexibility index (Phi) is 5.49. The van der Waals surface area contributed by atoms with Gasteiger partial charge in [-0.25, -0.2) is 5.43 Å². The second-order valence-corrected chi connectivity index (χ2v) is 3.60. The smallest absolute Gasteiger partial charge is 0.267 e. The highest BCUT2D eigenvalue weighted by atomic mass is 16.2. The number of amides is 2. The molecular weight excluding hydrogens is 208 g/mol. The van der Waals surface area contributed by atoms with E-state index < -0.39 is 0 Å². The number of nitrogens with zero attached hydrogens (tertiary/aromatic N) is 1. The largest absolute Gasteiger partial charge is 0.350 e. The number of nitrogens with one attached hydrogen (secondary N) is 3. The first kappa shape index (κ1) is 12.6. The second kappa shape index (κ2) is 6.95. The van der Waals surface area contributed by atoms with E-state index in [0.717, 1.165) is 19.5 Å². The topological polar surface area (TPSA) is 82.6 Å². The van der Waals surface area contributed by atoms with Crippen molar-refractivity contribution in [1.82, 2.24) is 16.1 Å². The Morgan fingerprint density at radius 2 is 2.19 bits per heavy atom. The third-order valence-corrected chi connectivity index (χ3v) is 2.18. The van der Waals surface area contributed by atoms with Gasteiger partial charge in [0.1, 0.15) is 5.71 Å². The molecule has 16 heavy (non-hydrogen) atoms. The standard InChI is InChI=1S/C10H18N4O2/c1-2-5-11-6-7-12-10(16)8-3-4-9(15)14-13-8/h11H,2-7H2,1H3,(H,12,16)(H,14,15). The third kappa shape index (κ3) is 4.39. The van der Waals surface area contributed by atoms with Crippen LogP contribution >= 0.6 is 0 Å². The summed E-state index contributed by atoms with van der Waals surface area (Å²) in [5.74, 6) is -0.334. The molecule has 0 atom stereocenters. The van der Waals surface area contributed by atoms with Gasteiger partial charge < -0.3 is 10.6 Å². The van der Waals surface area contributed by atoms with Crippen molar-refractivity contribution in [3.05, 3.63) is 0 Å². The molecule has 0 aromatic rings. The van der Waals surface area contributed by atoms with E-state index >= 15 is 0 Å². The molecule has 0 unspecified atom stereocenters. The zero-order valence-electron chi connectivity index (χ0n) is 9.51. The summed E-state index contributed by atoms with van der Waals surface area (Å²) in [5, 5.41) is 9.63. The van der Waals surface area contributed by atoms with Crippen LogP contribution in [-0.2, 0) is 9.59 Å². The van der Waals surface area contributed by atoms with E-state index in [-0.39, 0.29) is 11.8 Å². The molecule has 90 valence electrons. The molecule has 0 fully saturated rings. The highest BCUT2D eigenvalue weighted by Gasteiger charge is 2.17. The fourth-order valence-electron chi connectivity index (χ4n) is 1.31. The van der Waals surface area contributed by atoms with Crippen molar-refractivity contribution in [1.29, 1.82) is 0 Å². The second-order valence-electron chi connectivity index (χ2n) is 3.60. The van der Waals surface area contributed by atoms with Gasteiger partial charge in [-0.05, 0) is 13.0 Å². The van der Waals surface area contributed by atoms with Crippen molar-refractivity contribution in [2.75, 3.05) is 19.6 Å². The molecule has 6 heteroatoms. The maximum absolute atomic E-state index is 11.5. The van der Waals surface area contributed by atoms with Gasteiger partial charge in [0.05, 0.1) is 0 Å². The van der Waals surface area contributed by atoms with Gasteiger partial charge in [0.25, 0.3) is 5.91 Å². The Balaban J connectivity index is 2.17. The molecule has 0 saturated carbocycles. The summed E-state index contributed by atoms with van der Waals surface area (Å²) in [6, 6.07) is 0. The van der Waals surface area contributed by atoms with E-state index in [1.54, 1.807) is 0 Å². The van der Waals surface area contributed by atoms with Gasteiger partial charge in [-0.2, -0.15) is 5.10 Å². The van der Waals surface area contributed by atoms with Crippen LogP contribution in [0.5, 0.6) is 0 Å². The molecule has 1 aliphatic rings. The molecule has 6 nitrogen and oxygen atoms in total. The van der Waals surface area contributed by atoms with E-state index in [0.29, 0.717) is 25.1 Å². The molecule has 2 amide bonds. The van der Waals surface area contributed by atoms with Gasteiger partial charge >= 0.3 is 0 Å². The van der Waals surface area contributed by atoms with E-state index in [2.05, 4.69) is 28.1 Å². The fourth-order valence-corrected chi connectivity index (χ4v) is 1.31. The molecule has 0 aromatic heterocycles. The van der Waals surface area contributed by atoms with Crippen molar-refractivity contribution in [2.45, 2.75) is 26.2 Å². The van der Waals surface area contributed by atoms with Crippen molar-refractivity contribution in [3.63, 3.8) is 0 Å². The van der Waals surface area contributed by atoms with Crippen LogP contribution in [0.1, 0.15) is 26.2 Å². The zero-order chi connectivity index (χ0) is 11.8. The van der Waals surface area contributed by atoms with Gasteiger partial charge in [-0.15, -0.1) is 0 Å². The summed E-state index contributed by atoms with van der Waals surface area (Å²) >= 11 is 0. The Bertz CT molecular complexity index is 289. The Hall–Kier alpha value is -1.43. The van der Waals surface area contributed by atoms with Gasteiger partial charge in [-0.1, -0.05) is 6.92 Å². The highest BCUT2D eigenvalue weighted by molar-refractivity contribution is 6.39. The monoisotopic (exact) mass is 226 g/mol. The van der Waals surface area contributed by atoms with Crippen molar-refractivity contribution < 1.29 is 9.59 Å². The van der Waals surface area contributed by atoms with Gasteiger partial charge in [0, 0.05) is 25.9 Å². The number of hydrazone groups is 1. The number of hydrogen-bond donors (Lipinski definition) is 3. The number of rotatable bonds is 6. The Morgan fingerprint density at radius 3 is 2.81 bits per heavy atom. The van der Waals surface area contributed by atoms with Crippen molar-refractivity contribution in [2.24, 2.45) is 5.10 Å². The lowest BCUT2D eigenvalue weighted by Gasteiger charge is -2.12. The summed E-state index contributed by atoms with van der Waals surface area (Å²) in [6.07, 6.45) is 1.83. The Morgan fingerprint density at radius 1 is 1.38 bits per heavy atom. The fraction of sp³-hybridized carbons (Fsp3) is 0.700. The van der Waals surface area contributed by atoms with Crippen LogP contribution in [-0.4, -0.2) is 37.2 Å². The average molecular weight is 226 g/mol. The number of hydrogen-bond acceptors (Lipinski definition) is 4. The summed E-state index contributed by atoms with van der Waals surface area (Å²) in [6.45, 7) is 4.36. The molecule has 0 radical (unpaired) electrons. The minimum atomic E-state index is -0.196. The van der Waals surface area contributed by atoms with Crippen LogP contribution in [0.25, 0.3) is 0 Å². The SMILES string of the molecule is CCCNCCNC(=O)C1=NNC(=O)CC1. The zero-order valence-corrected chi connectivity index (χ0v) is 9.51. The number of carbonyl (C=O) groups is 2. The van der Waals surface area contributed by atoms with Crippen LogP contribution in [0.15, 0.2) is 5.10 Å². The molecule has 0 spiro atoms. The molecule has 0 bridgehead atoms. The van der Waals surface area contributed by atoms with Crippen molar-refractivity contribution >= 4 is 17.5 Å². The quantitative estimate of drug-likeness (QED) is 0.527. The lowest BCUT2D eigenvalue weighted by molar-refractivity contribution is -0.121. The maximum atomic E-state index is 11.5. The normalized spacial score (nSPS) is 15.3. The molecule has 3 N–H and O–H groups in total.